The summed E-state index contributed by atoms with van der Waals surface area (Å²) in [5.41, 5.74) is 5.66. The molecule has 110 valence electrons. The summed E-state index contributed by atoms with van der Waals surface area (Å²) < 4.78 is 18.8. The van der Waals surface area contributed by atoms with Crippen LogP contribution in [0.1, 0.15) is 6.42 Å². The van der Waals surface area contributed by atoms with E-state index in [0.29, 0.717) is 26.1 Å². The van der Waals surface area contributed by atoms with E-state index >= 15 is 0 Å². The number of likely N-dealkylation sites (tertiary alicyclic amines) is 1. The van der Waals surface area contributed by atoms with Crippen molar-refractivity contribution in [3.8, 4) is 0 Å². The number of aliphatic hydroxyl groups is 1. The van der Waals surface area contributed by atoms with Crippen LogP contribution in [0.15, 0.2) is 0 Å². The maximum Gasteiger partial charge on any atom is 0.242 e. The van der Waals surface area contributed by atoms with Crippen LogP contribution in [0.4, 0.5) is 4.39 Å². The Balaban J connectivity index is 1.84. The maximum absolute atomic E-state index is 13.7. The first-order valence-corrected chi connectivity index (χ1v) is 6.48. The van der Waals surface area contributed by atoms with Gasteiger partial charge in [-0.15, -0.1) is 0 Å². The zero-order valence-corrected chi connectivity index (χ0v) is 11.0. The van der Waals surface area contributed by atoms with E-state index in [-0.39, 0.29) is 19.1 Å². The van der Waals surface area contributed by atoms with Crippen molar-refractivity contribution in [2.45, 2.75) is 24.7 Å². The summed E-state index contributed by atoms with van der Waals surface area (Å²) >= 11 is 0. The zero-order chi connectivity index (χ0) is 13.8. The van der Waals surface area contributed by atoms with Gasteiger partial charge in [-0.1, -0.05) is 0 Å². The monoisotopic (exact) mass is 276 g/mol. The molecule has 0 aliphatic carbocycles. The van der Waals surface area contributed by atoms with Gasteiger partial charge in [0.1, 0.15) is 12.2 Å². The molecule has 1 amide bonds. The second-order valence-electron chi connectivity index (χ2n) is 4.84. The minimum atomic E-state index is -1.13. The van der Waals surface area contributed by atoms with Gasteiger partial charge in [0.25, 0.3) is 0 Å². The number of carbonyl (C=O) groups excluding carboxylic acids is 1. The lowest BCUT2D eigenvalue weighted by atomic mass is 10.0. The van der Waals surface area contributed by atoms with Crippen LogP contribution in [0.5, 0.6) is 0 Å². The minimum absolute atomic E-state index is 0.0153. The average Bonchev–Trinajstić information content (AvgIpc) is 2.87. The molecule has 2 aliphatic heterocycles. The first kappa shape index (κ1) is 14.6. The van der Waals surface area contributed by atoms with Gasteiger partial charge < -0.3 is 14.7 Å². The molecule has 2 saturated heterocycles. The van der Waals surface area contributed by atoms with Gasteiger partial charge in [-0.05, 0) is 6.42 Å². The second kappa shape index (κ2) is 6.58. The van der Waals surface area contributed by atoms with E-state index in [9.17, 15) is 9.18 Å². The number of amides is 1. The van der Waals surface area contributed by atoms with E-state index in [4.69, 9.17) is 9.84 Å². The van der Waals surface area contributed by atoms with Crippen molar-refractivity contribution in [2.24, 2.45) is 0 Å². The molecule has 2 fully saturated rings. The number of alkyl halides is 1. The lowest BCUT2D eigenvalue weighted by molar-refractivity contribution is -0.138. The molecule has 7 nitrogen and oxygen atoms in total. The number of piperidine rings is 1. The smallest absolute Gasteiger partial charge is 0.242 e. The Morgan fingerprint density at radius 3 is 2.95 bits per heavy atom. The van der Waals surface area contributed by atoms with Crippen molar-refractivity contribution in [2.75, 3.05) is 39.9 Å². The summed E-state index contributed by atoms with van der Waals surface area (Å²) in [4.78, 5) is 13.7. The Morgan fingerprint density at radius 1 is 1.53 bits per heavy atom. The summed E-state index contributed by atoms with van der Waals surface area (Å²) in [6.45, 7) is 1.50. The minimum Gasteiger partial charge on any atom is -0.395 e. The molecule has 0 aromatic heterocycles. The molecule has 0 aromatic carbocycles. The topological polar surface area (TPSA) is 77.1 Å². The van der Waals surface area contributed by atoms with Crippen molar-refractivity contribution in [3.63, 3.8) is 0 Å². The summed E-state index contributed by atoms with van der Waals surface area (Å²) in [5, 5.41) is 10.5. The molecule has 0 bridgehead atoms. The Morgan fingerprint density at radius 2 is 2.32 bits per heavy atom. The van der Waals surface area contributed by atoms with E-state index in [1.54, 1.807) is 5.01 Å². The largest absolute Gasteiger partial charge is 0.395 e. The Hall–Kier alpha value is -0.800. The molecular formula is C11H21FN4O3. The maximum atomic E-state index is 13.7. The molecule has 0 spiro atoms. The highest BCUT2D eigenvalue weighted by atomic mass is 19.1. The summed E-state index contributed by atoms with van der Waals surface area (Å²) in [6.07, 6.45) is -1.03. The van der Waals surface area contributed by atoms with E-state index in [1.165, 1.54) is 12.0 Å². The number of hydrazine groups is 2. The molecule has 2 heterocycles. The van der Waals surface area contributed by atoms with Crippen molar-refractivity contribution in [3.05, 3.63) is 0 Å². The number of ether oxygens (including phenoxy) is 1. The van der Waals surface area contributed by atoms with Gasteiger partial charge in [-0.2, -0.15) is 5.53 Å². The van der Waals surface area contributed by atoms with Gasteiger partial charge in [0.05, 0.1) is 19.3 Å². The molecule has 3 atom stereocenters. The highest BCUT2D eigenvalue weighted by Gasteiger charge is 2.36. The second-order valence-corrected chi connectivity index (χ2v) is 4.84. The SMILES string of the molecule is CO[C@H]1CCN(C(=O)C2CN(CCO)NN2)C[C@H]1F. The van der Waals surface area contributed by atoms with Crippen LogP contribution in [0.2, 0.25) is 0 Å². The standard InChI is InChI=1S/C11H21FN4O3/c1-19-10-2-3-15(6-8(10)12)11(18)9-7-16(4-5-17)14-13-9/h8-10,13-14,17H,2-7H2,1H3/t8-,9?,10+/m1/s1. The van der Waals surface area contributed by atoms with Crippen LogP contribution >= 0.6 is 0 Å². The number of β-amino-alcohol motifs (C(OH)–C–C–N with tert-alkyl or cyclic N) is 1. The van der Waals surface area contributed by atoms with Crippen molar-refractivity contribution in [1.29, 1.82) is 0 Å². The molecule has 0 saturated carbocycles. The molecule has 2 rings (SSSR count). The van der Waals surface area contributed by atoms with Crippen LogP contribution in [-0.2, 0) is 9.53 Å². The average molecular weight is 276 g/mol. The Kier molecular flexibility index (Phi) is 5.06. The lowest BCUT2D eigenvalue weighted by Crippen LogP contribution is -2.53. The fraction of sp³-hybridized carbons (Fsp3) is 0.909. The number of aliphatic hydroxyl groups excluding tert-OH is 1. The number of halogens is 1. The molecule has 0 radical (unpaired) electrons. The first-order chi connectivity index (χ1) is 9.15. The number of carbonyl (C=O) groups is 1. The number of methoxy groups -OCH3 is 1. The third-order valence-corrected chi connectivity index (χ3v) is 3.56. The molecule has 0 aromatic rings. The van der Waals surface area contributed by atoms with Gasteiger partial charge in [-0.25, -0.2) is 14.8 Å². The van der Waals surface area contributed by atoms with Crippen LogP contribution in [0, 0.1) is 0 Å². The van der Waals surface area contributed by atoms with Crippen molar-refractivity contribution in [1.82, 2.24) is 20.9 Å². The van der Waals surface area contributed by atoms with Crippen LogP contribution < -0.4 is 11.0 Å². The Bertz CT molecular complexity index is 320. The third kappa shape index (κ3) is 3.40. The van der Waals surface area contributed by atoms with Crippen molar-refractivity contribution >= 4 is 5.91 Å². The molecule has 8 heteroatoms. The van der Waals surface area contributed by atoms with Crippen LogP contribution in [0.3, 0.4) is 0 Å². The fourth-order valence-corrected chi connectivity index (χ4v) is 2.46. The van der Waals surface area contributed by atoms with Crippen LogP contribution in [-0.4, -0.2) is 79.1 Å². The quantitative estimate of drug-likeness (QED) is 0.566. The summed E-state index contributed by atoms with van der Waals surface area (Å²) in [7, 11) is 1.49. The highest BCUT2D eigenvalue weighted by Crippen LogP contribution is 2.17. The van der Waals surface area contributed by atoms with Gasteiger partial charge >= 0.3 is 0 Å². The lowest BCUT2D eigenvalue weighted by Gasteiger charge is -2.35. The van der Waals surface area contributed by atoms with Gasteiger partial charge in [-0.3, -0.25) is 4.79 Å². The van der Waals surface area contributed by atoms with Gasteiger partial charge in [0, 0.05) is 26.7 Å². The van der Waals surface area contributed by atoms with E-state index in [0.717, 1.165) is 0 Å². The molecule has 2 aliphatic rings. The molecule has 3 N–H and O–H groups in total. The molecule has 1 unspecified atom stereocenters. The normalized spacial score (nSPS) is 32.8. The fourth-order valence-electron chi connectivity index (χ4n) is 2.46. The van der Waals surface area contributed by atoms with Crippen LogP contribution in [0.25, 0.3) is 0 Å². The molecule has 19 heavy (non-hydrogen) atoms. The number of nitrogens with one attached hydrogen (secondary N) is 2. The Labute approximate surface area is 111 Å². The summed E-state index contributed by atoms with van der Waals surface area (Å²) in [6, 6.07) is -0.405. The van der Waals surface area contributed by atoms with Gasteiger partial charge in [0.15, 0.2) is 0 Å². The highest BCUT2D eigenvalue weighted by molar-refractivity contribution is 5.82. The van der Waals surface area contributed by atoms with Crippen molar-refractivity contribution < 1.29 is 19.0 Å². The number of nitrogens with zero attached hydrogens (tertiary/aromatic N) is 2. The van der Waals surface area contributed by atoms with Gasteiger partial charge in [0.2, 0.25) is 5.91 Å². The summed E-state index contributed by atoms with van der Waals surface area (Å²) in [5.74, 6) is -0.120. The first-order valence-electron chi connectivity index (χ1n) is 6.48. The third-order valence-electron chi connectivity index (χ3n) is 3.56. The van der Waals surface area contributed by atoms with E-state index in [1.807, 2.05) is 0 Å². The predicted octanol–water partition coefficient (Wildman–Crippen LogP) is -1.74. The number of rotatable bonds is 4. The molecular weight excluding hydrogens is 255 g/mol. The number of hydrogen-bond acceptors (Lipinski definition) is 6. The zero-order valence-electron chi connectivity index (χ0n) is 11.0. The van der Waals surface area contributed by atoms with E-state index < -0.39 is 18.3 Å². The number of hydrogen-bond donors (Lipinski definition) is 3. The van der Waals surface area contributed by atoms with E-state index in [2.05, 4.69) is 11.0 Å². The predicted molar refractivity (Wildman–Crippen MR) is 65.6 cm³/mol.